The highest BCUT2D eigenvalue weighted by Crippen LogP contribution is 2.31. The van der Waals surface area contributed by atoms with E-state index in [9.17, 15) is 14.7 Å². The van der Waals surface area contributed by atoms with E-state index in [1.807, 2.05) is 18.2 Å². The molecule has 1 heterocycles. The van der Waals surface area contributed by atoms with Gasteiger partial charge in [0, 0.05) is 36.3 Å². The number of nitrogens with zero attached hydrogens (tertiary/aromatic N) is 2. The molecule has 2 atom stereocenters. The largest absolute Gasteiger partial charge is 0.393 e. The van der Waals surface area contributed by atoms with Crippen LogP contribution in [0.15, 0.2) is 30.8 Å². The van der Waals surface area contributed by atoms with Gasteiger partial charge in [-0.1, -0.05) is 31.2 Å². The maximum atomic E-state index is 12.4. The van der Waals surface area contributed by atoms with Gasteiger partial charge in [0.25, 0.3) is 5.91 Å². The van der Waals surface area contributed by atoms with Gasteiger partial charge in [0.2, 0.25) is 5.91 Å². The molecule has 1 aromatic carbocycles. The van der Waals surface area contributed by atoms with Gasteiger partial charge in [-0.05, 0) is 18.9 Å². The summed E-state index contributed by atoms with van der Waals surface area (Å²) in [6.07, 6.45) is 2.44. The van der Waals surface area contributed by atoms with Crippen LogP contribution < -0.4 is 0 Å². The second-order valence-corrected chi connectivity index (χ2v) is 6.42. The summed E-state index contributed by atoms with van der Waals surface area (Å²) in [5.74, 6) is -0.168. The highest BCUT2D eigenvalue weighted by molar-refractivity contribution is 6.10. The van der Waals surface area contributed by atoms with Crippen molar-refractivity contribution in [2.45, 2.75) is 25.4 Å². The quantitative estimate of drug-likeness (QED) is 0.921. The fourth-order valence-corrected chi connectivity index (χ4v) is 3.44. The van der Waals surface area contributed by atoms with Crippen molar-refractivity contribution in [1.82, 2.24) is 9.80 Å². The highest BCUT2D eigenvalue weighted by Gasteiger charge is 2.33. The second kappa shape index (κ2) is 6.16. The van der Waals surface area contributed by atoms with E-state index in [2.05, 4.69) is 6.58 Å². The van der Waals surface area contributed by atoms with Crippen molar-refractivity contribution in [3.05, 3.63) is 42.0 Å². The van der Waals surface area contributed by atoms with Crippen molar-refractivity contribution >= 4 is 17.5 Å². The molecule has 0 aromatic heterocycles. The molecule has 1 fully saturated rings. The maximum Gasteiger partial charge on any atom is 0.259 e. The number of carbonyl (C=O) groups is 2. The molecule has 23 heavy (non-hydrogen) atoms. The molecule has 3 rings (SSSR count). The molecule has 0 spiro atoms. The zero-order chi connectivity index (χ0) is 16.6. The zero-order valence-electron chi connectivity index (χ0n) is 13.4. The van der Waals surface area contributed by atoms with Gasteiger partial charge in [-0.2, -0.15) is 0 Å². The van der Waals surface area contributed by atoms with Crippen molar-refractivity contribution < 1.29 is 14.7 Å². The number of hydrogen-bond acceptors (Lipinski definition) is 3. The van der Waals surface area contributed by atoms with E-state index in [0.717, 1.165) is 24.8 Å². The Balaban J connectivity index is 1.64. The van der Waals surface area contributed by atoms with E-state index in [1.165, 1.54) is 4.90 Å². The van der Waals surface area contributed by atoms with Crippen molar-refractivity contribution in [3.8, 4) is 0 Å². The van der Waals surface area contributed by atoms with Crippen LogP contribution >= 0.6 is 0 Å². The number of likely N-dealkylation sites (N-methyl/N-ethyl adjacent to an activating group) is 1. The first-order valence-electron chi connectivity index (χ1n) is 8.01. The van der Waals surface area contributed by atoms with E-state index in [0.29, 0.717) is 17.8 Å². The minimum absolute atomic E-state index is 0.00827. The highest BCUT2D eigenvalue weighted by atomic mass is 16.3. The van der Waals surface area contributed by atoms with Crippen LogP contribution in [0.4, 0.5) is 0 Å². The number of amides is 2. The average Bonchev–Trinajstić information content (AvgIpc) is 3.05. The molecule has 1 N–H and O–H groups in total. The average molecular weight is 314 g/mol. The topological polar surface area (TPSA) is 60.9 Å². The summed E-state index contributed by atoms with van der Waals surface area (Å²) < 4.78 is 0. The van der Waals surface area contributed by atoms with E-state index in [-0.39, 0.29) is 30.4 Å². The molecule has 1 aliphatic carbocycles. The summed E-state index contributed by atoms with van der Waals surface area (Å²) in [6, 6.07) is 7.27. The third kappa shape index (κ3) is 2.88. The first kappa shape index (κ1) is 15.7. The van der Waals surface area contributed by atoms with E-state index < -0.39 is 0 Å². The summed E-state index contributed by atoms with van der Waals surface area (Å²) in [5, 5.41) is 9.89. The predicted octanol–water partition coefficient (Wildman–Crippen LogP) is 1.73. The minimum atomic E-state index is -0.321. The van der Waals surface area contributed by atoms with Gasteiger partial charge in [0.15, 0.2) is 0 Å². The monoisotopic (exact) mass is 314 g/mol. The third-order valence-electron chi connectivity index (χ3n) is 4.89. The fourth-order valence-electron chi connectivity index (χ4n) is 3.44. The van der Waals surface area contributed by atoms with Crippen LogP contribution in [0.25, 0.3) is 5.70 Å². The van der Waals surface area contributed by atoms with E-state index in [1.54, 1.807) is 18.0 Å². The predicted molar refractivity (Wildman–Crippen MR) is 87.5 cm³/mol. The Morgan fingerprint density at radius 1 is 1.35 bits per heavy atom. The lowest BCUT2D eigenvalue weighted by atomic mass is 10.1. The van der Waals surface area contributed by atoms with E-state index >= 15 is 0 Å². The standard InChI is InChI=1S/C18H22N2O3/c1-12-14-7-3-4-8-15(14)18(23)20(12)11-17(22)19(2)10-13-6-5-9-16(13)21/h3-4,7-8,13,16,21H,1,5-6,9-11H2,2H3. The number of benzene rings is 1. The van der Waals surface area contributed by atoms with Gasteiger partial charge in [-0.25, -0.2) is 0 Å². The Bertz CT molecular complexity index is 620. The lowest BCUT2D eigenvalue weighted by Crippen LogP contribution is -2.41. The Hall–Kier alpha value is -2.14. The van der Waals surface area contributed by atoms with Crippen LogP contribution in [0, 0.1) is 5.92 Å². The Morgan fingerprint density at radius 3 is 2.65 bits per heavy atom. The SMILES string of the molecule is C=C1c2ccccc2C(=O)N1CC(=O)N(C)CC1CCCC1O. The van der Waals surface area contributed by atoms with Crippen LogP contribution in [0.5, 0.6) is 0 Å². The van der Waals surface area contributed by atoms with Crippen LogP contribution in [-0.2, 0) is 4.79 Å². The molecule has 0 saturated heterocycles. The molecule has 0 bridgehead atoms. The van der Waals surface area contributed by atoms with Crippen LogP contribution in [0.1, 0.15) is 35.2 Å². The molecule has 2 aliphatic rings. The summed E-state index contributed by atoms with van der Waals surface area (Å²) in [4.78, 5) is 27.9. The molecule has 2 amide bonds. The van der Waals surface area contributed by atoms with Crippen LogP contribution in [0.2, 0.25) is 0 Å². The van der Waals surface area contributed by atoms with Gasteiger partial charge in [-0.3, -0.25) is 14.5 Å². The zero-order valence-corrected chi connectivity index (χ0v) is 13.4. The first-order chi connectivity index (χ1) is 11.0. The third-order valence-corrected chi connectivity index (χ3v) is 4.89. The molecule has 0 radical (unpaired) electrons. The number of fused-ring (bicyclic) bond motifs is 1. The van der Waals surface area contributed by atoms with Crippen molar-refractivity contribution in [2.24, 2.45) is 5.92 Å². The number of hydrogen-bond donors (Lipinski definition) is 1. The molecule has 5 heteroatoms. The summed E-state index contributed by atoms with van der Waals surface area (Å²) >= 11 is 0. The van der Waals surface area contributed by atoms with Gasteiger partial charge in [-0.15, -0.1) is 0 Å². The van der Waals surface area contributed by atoms with Crippen molar-refractivity contribution in [1.29, 1.82) is 0 Å². The number of aliphatic hydroxyl groups is 1. The first-order valence-corrected chi connectivity index (χ1v) is 8.01. The van der Waals surface area contributed by atoms with Gasteiger partial charge < -0.3 is 10.0 Å². The van der Waals surface area contributed by atoms with Crippen molar-refractivity contribution in [2.75, 3.05) is 20.1 Å². The lowest BCUT2D eigenvalue weighted by Gasteiger charge is -2.26. The molecule has 1 aromatic rings. The molecular weight excluding hydrogens is 292 g/mol. The molecular formula is C18H22N2O3. The maximum absolute atomic E-state index is 12.4. The van der Waals surface area contributed by atoms with Gasteiger partial charge >= 0.3 is 0 Å². The molecule has 1 saturated carbocycles. The van der Waals surface area contributed by atoms with Crippen LogP contribution in [0.3, 0.4) is 0 Å². The summed E-state index contributed by atoms with van der Waals surface area (Å²) in [7, 11) is 1.73. The molecule has 1 aliphatic heterocycles. The Morgan fingerprint density at radius 2 is 2.04 bits per heavy atom. The normalized spacial score (nSPS) is 23.3. The number of rotatable bonds is 4. The lowest BCUT2D eigenvalue weighted by molar-refractivity contribution is -0.130. The Kier molecular flexibility index (Phi) is 4.22. The minimum Gasteiger partial charge on any atom is -0.393 e. The second-order valence-electron chi connectivity index (χ2n) is 6.42. The summed E-state index contributed by atoms with van der Waals surface area (Å²) in [6.45, 7) is 4.47. The van der Waals surface area contributed by atoms with Crippen molar-refractivity contribution in [3.63, 3.8) is 0 Å². The van der Waals surface area contributed by atoms with Gasteiger partial charge in [0.1, 0.15) is 6.54 Å². The number of aliphatic hydroxyl groups excluding tert-OH is 1. The summed E-state index contributed by atoms with van der Waals surface area (Å²) in [5.41, 5.74) is 1.96. The fraction of sp³-hybridized carbons (Fsp3) is 0.444. The molecule has 5 nitrogen and oxygen atoms in total. The number of carbonyl (C=O) groups excluding carboxylic acids is 2. The molecule has 2 unspecified atom stereocenters. The van der Waals surface area contributed by atoms with E-state index in [4.69, 9.17) is 0 Å². The smallest absolute Gasteiger partial charge is 0.259 e. The van der Waals surface area contributed by atoms with Gasteiger partial charge in [0.05, 0.1) is 6.10 Å². The Labute approximate surface area is 136 Å². The molecule has 122 valence electrons. The van der Waals surface area contributed by atoms with Crippen LogP contribution in [-0.4, -0.2) is 53.0 Å².